The lowest BCUT2D eigenvalue weighted by Gasteiger charge is -2.20. The summed E-state index contributed by atoms with van der Waals surface area (Å²) >= 11 is 0. The predicted molar refractivity (Wildman–Crippen MR) is 53.8 cm³/mol. The monoisotopic (exact) mass is 200 g/mol. The van der Waals surface area contributed by atoms with Crippen LogP contribution in [0.2, 0.25) is 0 Å². The Labute approximate surface area is 81.3 Å². The van der Waals surface area contributed by atoms with Crippen LogP contribution in [0.5, 0.6) is 0 Å². The maximum absolute atomic E-state index is 5.56. The van der Waals surface area contributed by atoms with Crippen LogP contribution in [0.25, 0.3) is 0 Å². The molecule has 0 amide bonds. The number of nitrogens with two attached hydrogens (primary N) is 1. The molecule has 1 fully saturated rings. The second kappa shape index (κ2) is 7.17. The first-order valence-corrected chi connectivity index (χ1v) is 3.82. The molecule has 2 N–H and O–H groups in total. The molecule has 0 bridgehead atoms. The van der Waals surface area contributed by atoms with E-state index in [1.54, 1.807) is 0 Å². The fraction of sp³-hybridized carbons (Fsp3) is 1.00. The third-order valence-corrected chi connectivity index (χ3v) is 2.18. The Morgan fingerprint density at radius 2 is 2.09 bits per heavy atom. The standard InChI is InChI=1S/C7H16N2.2ClH/c1-2-9-5-3-4-7(9)6-8;;/h7H,2-6,8H2,1H3;2*1H/t7-;;/m1../s1. The molecule has 0 aromatic heterocycles. The SMILES string of the molecule is CCN1CCC[C@@H]1CN.Cl.Cl. The smallest absolute Gasteiger partial charge is 0.0218 e. The van der Waals surface area contributed by atoms with Crippen molar-refractivity contribution in [3.63, 3.8) is 0 Å². The third-order valence-electron chi connectivity index (χ3n) is 2.18. The zero-order valence-corrected chi connectivity index (χ0v) is 8.59. The second-order valence-electron chi connectivity index (χ2n) is 2.66. The van der Waals surface area contributed by atoms with E-state index in [1.165, 1.54) is 25.9 Å². The van der Waals surface area contributed by atoms with E-state index in [1.807, 2.05) is 0 Å². The normalized spacial score (nSPS) is 24.0. The van der Waals surface area contributed by atoms with Crippen LogP contribution >= 0.6 is 24.8 Å². The molecule has 70 valence electrons. The highest BCUT2D eigenvalue weighted by atomic mass is 35.5. The molecule has 1 aliphatic rings. The van der Waals surface area contributed by atoms with Gasteiger partial charge in [-0.3, -0.25) is 4.90 Å². The number of likely N-dealkylation sites (tertiary alicyclic amines) is 1. The van der Waals surface area contributed by atoms with Crippen molar-refractivity contribution in [2.45, 2.75) is 25.8 Å². The highest BCUT2D eigenvalue weighted by molar-refractivity contribution is 5.85. The average Bonchev–Trinajstić information content (AvgIpc) is 2.33. The van der Waals surface area contributed by atoms with E-state index < -0.39 is 0 Å². The first-order chi connectivity index (χ1) is 4.38. The number of hydrogen-bond donors (Lipinski definition) is 1. The van der Waals surface area contributed by atoms with Crippen molar-refractivity contribution in [2.75, 3.05) is 19.6 Å². The molecule has 11 heavy (non-hydrogen) atoms. The van der Waals surface area contributed by atoms with Gasteiger partial charge in [-0.15, -0.1) is 24.8 Å². The van der Waals surface area contributed by atoms with Gasteiger partial charge in [-0.05, 0) is 25.9 Å². The first-order valence-electron chi connectivity index (χ1n) is 3.82. The Morgan fingerprint density at radius 1 is 1.45 bits per heavy atom. The van der Waals surface area contributed by atoms with E-state index in [9.17, 15) is 0 Å². The summed E-state index contributed by atoms with van der Waals surface area (Å²) in [5.74, 6) is 0. The van der Waals surface area contributed by atoms with E-state index in [-0.39, 0.29) is 24.8 Å². The van der Waals surface area contributed by atoms with Gasteiger partial charge in [-0.25, -0.2) is 0 Å². The number of halogens is 2. The molecule has 0 unspecified atom stereocenters. The molecular weight excluding hydrogens is 183 g/mol. The summed E-state index contributed by atoms with van der Waals surface area (Å²) in [7, 11) is 0. The van der Waals surface area contributed by atoms with Crippen LogP contribution in [0.15, 0.2) is 0 Å². The van der Waals surface area contributed by atoms with Gasteiger partial charge in [-0.1, -0.05) is 6.92 Å². The molecule has 0 aromatic rings. The molecule has 0 spiro atoms. The van der Waals surface area contributed by atoms with Gasteiger partial charge >= 0.3 is 0 Å². The molecule has 4 heteroatoms. The van der Waals surface area contributed by atoms with Gasteiger partial charge in [0, 0.05) is 12.6 Å². The lowest BCUT2D eigenvalue weighted by molar-refractivity contribution is 0.272. The van der Waals surface area contributed by atoms with Crippen molar-refractivity contribution in [1.29, 1.82) is 0 Å². The van der Waals surface area contributed by atoms with E-state index >= 15 is 0 Å². The molecule has 1 heterocycles. The molecule has 0 aliphatic carbocycles. The molecule has 0 saturated carbocycles. The molecule has 1 rings (SSSR count). The predicted octanol–water partition coefficient (Wildman–Crippen LogP) is 1.27. The van der Waals surface area contributed by atoms with Crippen LogP contribution in [0, 0.1) is 0 Å². The Bertz CT molecular complexity index is 80.5. The summed E-state index contributed by atoms with van der Waals surface area (Å²) in [5.41, 5.74) is 5.56. The Balaban J connectivity index is 0. The van der Waals surface area contributed by atoms with Crippen molar-refractivity contribution in [3.05, 3.63) is 0 Å². The third kappa shape index (κ3) is 3.61. The molecule has 2 nitrogen and oxygen atoms in total. The van der Waals surface area contributed by atoms with Crippen LogP contribution in [-0.2, 0) is 0 Å². The minimum absolute atomic E-state index is 0. The largest absolute Gasteiger partial charge is 0.329 e. The van der Waals surface area contributed by atoms with Gasteiger partial charge in [0.05, 0.1) is 0 Å². The summed E-state index contributed by atoms with van der Waals surface area (Å²) in [6.45, 7) is 5.47. The number of hydrogen-bond acceptors (Lipinski definition) is 2. The number of likely N-dealkylation sites (N-methyl/N-ethyl adjacent to an activating group) is 1. The average molecular weight is 201 g/mol. The fourth-order valence-corrected chi connectivity index (χ4v) is 1.58. The minimum Gasteiger partial charge on any atom is -0.329 e. The van der Waals surface area contributed by atoms with Gasteiger partial charge in [0.25, 0.3) is 0 Å². The summed E-state index contributed by atoms with van der Waals surface area (Å²) in [6.07, 6.45) is 2.65. The van der Waals surface area contributed by atoms with Crippen molar-refractivity contribution in [1.82, 2.24) is 4.90 Å². The number of nitrogens with zero attached hydrogens (tertiary/aromatic N) is 1. The maximum Gasteiger partial charge on any atom is 0.0218 e. The zero-order valence-electron chi connectivity index (χ0n) is 6.95. The van der Waals surface area contributed by atoms with Gasteiger partial charge < -0.3 is 5.73 Å². The van der Waals surface area contributed by atoms with E-state index in [4.69, 9.17) is 5.73 Å². The molecule has 1 aliphatic heterocycles. The molecule has 1 saturated heterocycles. The first kappa shape index (κ1) is 14.0. The van der Waals surface area contributed by atoms with Gasteiger partial charge in [0.15, 0.2) is 0 Å². The number of rotatable bonds is 2. The minimum atomic E-state index is 0. The lowest BCUT2D eigenvalue weighted by Crippen LogP contribution is -2.34. The van der Waals surface area contributed by atoms with E-state index in [0.29, 0.717) is 6.04 Å². The van der Waals surface area contributed by atoms with Crippen molar-refractivity contribution >= 4 is 24.8 Å². The maximum atomic E-state index is 5.56. The van der Waals surface area contributed by atoms with E-state index in [2.05, 4.69) is 11.8 Å². The van der Waals surface area contributed by atoms with Crippen molar-refractivity contribution in [3.8, 4) is 0 Å². The second-order valence-corrected chi connectivity index (χ2v) is 2.66. The highest BCUT2D eigenvalue weighted by Gasteiger charge is 2.20. The lowest BCUT2D eigenvalue weighted by atomic mass is 10.2. The van der Waals surface area contributed by atoms with Crippen LogP contribution in [-0.4, -0.2) is 30.6 Å². The quantitative estimate of drug-likeness (QED) is 0.729. The molecule has 0 radical (unpaired) electrons. The highest BCUT2D eigenvalue weighted by Crippen LogP contribution is 2.14. The zero-order chi connectivity index (χ0) is 6.69. The summed E-state index contributed by atoms with van der Waals surface area (Å²) in [6, 6.07) is 0.690. The summed E-state index contributed by atoms with van der Waals surface area (Å²) < 4.78 is 0. The van der Waals surface area contributed by atoms with Crippen LogP contribution in [0.1, 0.15) is 19.8 Å². The Morgan fingerprint density at radius 3 is 2.45 bits per heavy atom. The van der Waals surface area contributed by atoms with Crippen LogP contribution in [0.4, 0.5) is 0 Å². The molecular formula is C7H18Cl2N2. The van der Waals surface area contributed by atoms with Gasteiger partial charge in [0.1, 0.15) is 0 Å². The van der Waals surface area contributed by atoms with Gasteiger partial charge in [0.2, 0.25) is 0 Å². The van der Waals surface area contributed by atoms with Crippen molar-refractivity contribution in [2.24, 2.45) is 5.73 Å². The van der Waals surface area contributed by atoms with Gasteiger partial charge in [-0.2, -0.15) is 0 Å². The Hall–Kier alpha value is 0.500. The van der Waals surface area contributed by atoms with Crippen LogP contribution < -0.4 is 5.73 Å². The fourth-order valence-electron chi connectivity index (χ4n) is 1.58. The topological polar surface area (TPSA) is 29.3 Å². The van der Waals surface area contributed by atoms with Crippen LogP contribution in [0.3, 0.4) is 0 Å². The Kier molecular flexibility index (Phi) is 9.15. The molecule has 1 atom stereocenters. The summed E-state index contributed by atoms with van der Waals surface area (Å²) in [5, 5.41) is 0. The summed E-state index contributed by atoms with van der Waals surface area (Å²) in [4.78, 5) is 2.46. The van der Waals surface area contributed by atoms with E-state index in [0.717, 1.165) is 6.54 Å². The van der Waals surface area contributed by atoms with Crippen molar-refractivity contribution < 1.29 is 0 Å². The molecule has 0 aromatic carbocycles.